The Morgan fingerprint density at radius 2 is 2.00 bits per heavy atom. The van der Waals surface area contributed by atoms with E-state index in [-0.39, 0.29) is 16.9 Å². The number of amides is 1. The van der Waals surface area contributed by atoms with Crippen LogP contribution in [0.2, 0.25) is 0 Å². The van der Waals surface area contributed by atoms with Gasteiger partial charge in [-0.05, 0) is 38.1 Å². The molecule has 0 saturated heterocycles. The third kappa shape index (κ3) is 3.41. The molecular formula is C17H14FN5O3. The Kier molecular flexibility index (Phi) is 4.44. The molecule has 1 aromatic carbocycles. The van der Waals surface area contributed by atoms with Gasteiger partial charge in [-0.25, -0.2) is 14.1 Å². The Bertz CT molecular complexity index is 998. The number of nitro benzene ring substituents is 1. The van der Waals surface area contributed by atoms with Gasteiger partial charge >= 0.3 is 0 Å². The van der Waals surface area contributed by atoms with Gasteiger partial charge in [0.1, 0.15) is 5.82 Å². The molecule has 2 aromatic heterocycles. The van der Waals surface area contributed by atoms with Crippen molar-refractivity contribution in [3.63, 3.8) is 0 Å². The molecule has 0 aliphatic rings. The molecule has 1 amide bonds. The van der Waals surface area contributed by atoms with Crippen molar-refractivity contribution in [1.29, 1.82) is 0 Å². The smallest absolute Gasteiger partial charge is 0.271 e. The molecule has 0 aliphatic heterocycles. The number of nitrogens with one attached hydrogen (secondary N) is 1. The van der Waals surface area contributed by atoms with Gasteiger partial charge in [0.25, 0.3) is 11.6 Å². The summed E-state index contributed by atoms with van der Waals surface area (Å²) in [5.41, 5.74) is 1.32. The van der Waals surface area contributed by atoms with Crippen molar-refractivity contribution in [2.75, 3.05) is 5.32 Å². The van der Waals surface area contributed by atoms with Crippen molar-refractivity contribution < 1.29 is 14.1 Å². The average molecular weight is 355 g/mol. The lowest BCUT2D eigenvalue weighted by Gasteiger charge is -2.07. The minimum Gasteiger partial charge on any atom is -0.319 e. The van der Waals surface area contributed by atoms with Crippen LogP contribution in [0.25, 0.3) is 5.82 Å². The number of carbonyl (C=O) groups is 1. The molecule has 0 spiro atoms. The highest BCUT2D eigenvalue weighted by atomic mass is 19.1. The summed E-state index contributed by atoms with van der Waals surface area (Å²) in [6, 6.07) is 7.94. The fourth-order valence-electron chi connectivity index (χ4n) is 2.42. The number of non-ortho nitro benzene ring substituents is 1. The highest BCUT2D eigenvalue weighted by molar-refractivity contribution is 6.04. The molecule has 0 bridgehead atoms. The maximum atomic E-state index is 13.8. The van der Waals surface area contributed by atoms with E-state index in [1.165, 1.54) is 12.3 Å². The number of nitrogens with zero attached hydrogens (tertiary/aromatic N) is 4. The fourth-order valence-corrected chi connectivity index (χ4v) is 2.42. The number of nitro groups is 1. The lowest BCUT2D eigenvalue weighted by molar-refractivity contribution is -0.384. The van der Waals surface area contributed by atoms with Crippen LogP contribution in [0, 0.1) is 29.8 Å². The zero-order chi connectivity index (χ0) is 18.8. The first-order valence-electron chi connectivity index (χ1n) is 7.60. The molecule has 0 atom stereocenters. The summed E-state index contributed by atoms with van der Waals surface area (Å²) in [7, 11) is 0. The summed E-state index contributed by atoms with van der Waals surface area (Å²) >= 11 is 0. The molecule has 3 rings (SSSR count). The van der Waals surface area contributed by atoms with Crippen molar-refractivity contribution in [3.05, 3.63) is 75.5 Å². The number of anilines is 1. The number of rotatable bonds is 4. The summed E-state index contributed by atoms with van der Waals surface area (Å²) in [6.45, 7) is 3.74. The highest BCUT2D eigenvalue weighted by Gasteiger charge is 2.15. The summed E-state index contributed by atoms with van der Waals surface area (Å²) < 4.78 is 15.4. The second kappa shape index (κ2) is 6.71. The van der Waals surface area contributed by atoms with E-state index in [1.54, 1.807) is 10.7 Å². The number of benzene rings is 1. The van der Waals surface area contributed by atoms with Gasteiger partial charge in [-0.2, -0.15) is 5.10 Å². The monoisotopic (exact) mass is 355 g/mol. The third-order valence-electron chi connectivity index (χ3n) is 3.65. The van der Waals surface area contributed by atoms with Gasteiger partial charge in [-0.1, -0.05) is 0 Å². The van der Waals surface area contributed by atoms with Crippen LogP contribution in [0.15, 0.2) is 42.6 Å². The van der Waals surface area contributed by atoms with Gasteiger partial charge in [0.15, 0.2) is 5.82 Å². The van der Waals surface area contributed by atoms with Crippen LogP contribution in [0.1, 0.15) is 21.7 Å². The molecule has 3 aromatic rings. The van der Waals surface area contributed by atoms with Crippen molar-refractivity contribution in [2.45, 2.75) is 13.8 Å². The maximum Gasteiger partial charge on any atom is 0.271 e. The summed E-state index contributed by atoms with van der Waals surface area (Å²) in [4.78, 5) is 26.6. The minimum absolute atomic E-state index is 0.182. The molecular weight excluding hydrogens is 341 g/mol. The van der Waals surface area contributed by atoms with Gasteiger partial charge in [-0.15, -0.1) is 0 Å². The largest absolute Gasteiger partial charge is 0.319 e. The maximum absolute atomic E-state index is 13.8. The lowest BCUT2D eigenvalue weighted by atomic mass is 10.2. The zero-order valence-electron chi connectivity index (χ0n) is 13.9. The minimum atomic E-state index is -0.767. The van der Waals surface area contributed by atoms with Crippen LogP contribution < -0.4 is 5.32 Å². The number of aryl methyl sites for hydroxylation is 2. The summed E-state index contributed by atoms with van der Waals surface area (Å²) in [5, 5.41) is 17.4. The fraction of sp³-hybridized carbons (Fsp3) is 0.118. The highest BCUT2D eigenvalue weighted by Crippen LogP contribution is 2.22. The standard InChI is InChI=1S/C17H14FN5O3/c1-10-7-11(2)22(21-10)16-6-3-12(9-19-16)17(24)20-15-8-13(23(25)26)4-5-14(15)18/h3-9H,1-2H3,(H,20,24). The molecule has 0 radical (unpaired) electrons. The van der Waals surface area contributed by atoms with E-state index in [0.29, 0.717) is 5.82 Å². The molecule has 0 saturated carbocycles. The Morgan fingerprint density at radius 3 is 2.58 bits per heavy atom. The molecule has 0 aliphatic carbocycles. The Labute approximate surface area is 147 Å². The van der Waals surface area contributed by atoms with Crippen LogP contribution in [0.3, 0.4) is 0 Å². The summed E-state index contributed by atoms with van der Waals surface area (Å²) in [6.07, 6.45) is 1.33. The number of halogens is 1. The van der Waals surface area contributed by atoms with Crippen molar-refractivity contribution in [2.24, 2.45) is 0 Å². The molecule has 132 valence electrons. The second-order valence-corrected chi connectivity index (χ2v) is 5.62. The van der Waals surface area contributed by atoms with Crippen molar-refractivity contribution in [1.82, 2.24) is 14.8 Å². The lowest BCUT2D eigenvalue weighted by Crippen LogP contribution is -2.14. The Hall–Kier alpha value is -3.62. The predicted molar refractivity (Wildman–Crippen MR) is 91.8 cm³/mol. The van der Waals surface area contributed by atoms with Gasteiger partial charge < -0.3 is 5.32 Å². The van der Waals surface area contributed by atoms with E-state index in [4.69, 9.17) is 0 Å². The number of pyridine rings is 1. The normalized spacial score (nSPS) is 10.6. The van der Waals surface area contributed by atoms with Crippen LogP contribution in [-0.2, 0) is 0 Å². The SMILES string of the molecule is Cc1cc(C)n(-c2ccc(C(=O)Nc3cc([N+](=O)[O-])ccc3F)cn2)n1. The average Bonchev–Trinajstić information content (AvgIpc) is 2.95. The Balaban J connectivity index is 1.82. The van der Waals surface area contributed by atoms with Gasteiger partial charge in [0, 0.05) is 24.0 Å². The second-order valence-electron chi connectivity index (χ2n) is 5.62. The van der Waals surface area contributed by atoms with Crippen molar-refractivity contribution >= 4 is 17.3 Å². The van der Waals surface area contributed by atoms with Gasteiger partial charge in [0.05, 0.1) is 21.9 Å². The van der Waals surface area contributed by atoms with Crippen LogP contribution in [-0.4, -0.2) is 25.6 Å². The van der Waals surface area contributed by atoms with Crippen LogP contribution in [0.5, 0.6) is 0 Å². The number of hydrogen-bond donors (Lipinski definition) is 1. The van der Waals surface area contributed by atoms with E-state index in [0.717, 1.165) is 29.6 Å². The summed E-state index contributed by atoms with van der Waals surface area (Å²) in [5.74, 6) is -0.860. The molecule has 8 nitrogen and oxygen atoms in total. The van der Waals surface area contributed by atoms with Crippen LogP contribution in [0.4, 0.5) is 15.8 Å². The van der Waals surface area contributed by atoms with E-state index >= 15 is 0 Å². The molecule has 26 heavy (non-hydrogen) atoms. The zero-order valence-corrected chi connectivity index (χ0v) is 13.9. The molecule has 2 heterocycles. The first kappa shape index (κ1) is 17.2. The van der Waals surface area contributed by atoms with E-state index in [9.17, 15) is 19.3 Å². The third-order valence-corrected chi connectivity index (χ3v) is 3.65. The molecule has 0 unspecified atom stereocenters. The number of hydrogen-bond acceptors (Lipinski definition) is 5. The van der Waals surface area contributed by atoms with Gasteiger partial charge in [-0.3, -0.25) is 14.9 Å². The topological polar surface area (TPSA) is 103 Å². The number of aromatic nitrogens is 3. The number of carbonyl (C=O) groups excluding carboxylic acids is 1. The predicted octanol–water partition coefficient (Wildman–Crippen LogP) is 3.18. The van der Waals surface area contributed by atoms with Crippen LogP contribution >= 0.6 is 0 Å². The van der Waals surface area contributed by atoms with Crippen molar-refractivity contribution in [3.8, 4) is 5.82 Å². The molecule has 9 heteroatoms. The van der Waals surface area contributed by atoms with Gasteiger partial charge in [0.2, 0.25) is 0 Å². The van der Waals surface area contributed by atoms with E-state index in [2.05, 4.69) is 15.4 Å². The van der Waals surface area contributed by atoms with E-state index in [1.807, 2.05) is 19.9 Å². The quantitative estimate of drug-likeness (QED) is 0.572. The first-order valence-corrected chi connectivity index (χ1v) is 7.60. The van der Waals surface area contributed by atoms with E-state index < -0.39 is 16.6 Å². The molecule has 0 fully saturated rings. The Morgan fingerprint density at radius 1 is 1.23 bits per heavy atom. The first-order chi connectivity index (χ1) is 12.3. The molecule has 1 N–H and O–H groups in total.